The van der Waals surface area contributed by atoms with Gasteiger partial charge in [-0.3, -0.25) is 9.59 Å². The summed E-state index contributed by atoms with van der Waals surface area (Å²) in [7, 11) is 1.57. The Balaban J connectivity index is 1.41. The second-order valence-corrected chi connectivity index (χ2v) is 15.9. The van der Waals surface area contributed by atoms with Crippen LogP contribution >= 0.6 is 0 Å². The summed E-state index contributed by atoms with van der Waals surface area (Å²) in [5.41, 5.74) is 0.770. The number of carboxylic acid groups (broad SMARTS) is 1. The van der Waals surface area contributed by atoms with Crippen LogP contribution in [0.2, 0.25) is 0 Å². The second kappa shape index (κ2) is 25.8. The fourth-order valence-electron chi connectivity index (χ4n) is 8.37. The van der Waals surface area contributed by atoms with Crippen LogP contribution in [-0.2, 0) is 38.4 Å². The van der Waals surface area contributed by atoms with Crippen molar-refractivity contribution in [3.8, 4) is 0 Å². The molecular weight excluding hydrogens is 686 g/mol. The van der Waals surface area contributed by atoms with E-state index in [0.29, 0.717) is 69.8 Å². The first-order valence-electron chi connectivity index (χ1n) is 21.4. The van der Waals surface area contributed by atoms with Crippen LogP contribution < -0.4 is 10.6 Å². The van der Waals surface area contributed by atoms with Crippen molar-refractivity contribution in [3.63, 3.8) is 0 Å². The van der Waals surface area contributed by atoms with E-state index in [0.717, 1.165) is 108 Å². The van der Waals surface area contributed by atoms with E-state index in [9.17, 15) is 24.6 Å². The summed E-state index contributed by atoms with van der Waals surface area (Å²) < 4.78 is 13.2. The number of aryl methyl sites for hydroxylation is 1. The average Bonchev–Trinajstić information content (AvgIpc) is 3.66. The smallest absolute Gasteiger partial charge is 0.406 e. The molecule has 2 amide bonds. The highest BCUT2D eigenvalue weighted by molar-refractivity contribution is 6.01. The number of fused-ring (bicyclic) bond motifs is 2. The zero-order valence-corrected chi connectivity index (χ0v) is 33.7. The van der Waals surface area contributed by atoms with Crippen LogP contribution in [0.4, 0.5) is 4.79 Å². The predicted molar refractivity (Wildman–Crippen MR) is 211 cm³/mol. The number of allylic oxidation sites excluding steroid dienone is 1. The van der Waals surface area contributed by atoms with Crippen LogP contribution in [0.3, 0.4) is 0 Å². The molecule has 12 heteroatoms. The van der Waals surface area contributed by atoms with Crippen molar-refractivity contribution in [3.05, 3.63) is 23.7 Å². The van der Waals surface area contributed by atoms with Gasteiger partial charge in [-0.05, 0) is 62.7 Å². The molecule has 2 aliphatic carbocycles. The lowest BCUT2D eigenvalue weighted by atomic mass is 9.76. The maximum Gasteiger partial charge on any atom is 0.406 e. The number of nitrogens with one attached hydrogen (secondary N) is 2. The first-order chi connectivity index (χ1) is 26.2. The molecule has 0 aromatic carbocycles. The van der Waals surface area contributed by atoms with Gasteiger partial charge in [0.15, 0.2) is 0 Å². The molecule has 1 aromatic rings. The first-order valence-corrected chi connectivity index (χ1v) is 21.4. The number of carboxylic acids is 1. The molecule has 1 fully saturated rings. The zero-order valence-electron chi connectivity index (χ0n) is 33.7. The van der Waals surface area contributed by atoms with E-state index < -0.39 is 17.3 Å². The molecule has 0 saturated heterocycles. The fraction of sp³-hybridized carbons (Fsp3) is 0.833. The number of aliphatic carboxylic acids is 1. The van der Waals surface area contributed by atoms with Gasteiger partial charge >= 0.3 is 12.1 Å². The maximum absolute atomic E-state index is 13.6. The molecule has 12 nitrogen and oxygen atoms in total. The minimum atomic E-state index is -1.42. The summed E-state index contributed by atoms with van der Waals surface area (Å²) in [5, 5.41) is 34.0. The SMILES string of the molecule is C=C(O)CCCCCCCCCCC(CCCCCCCCCCC)(C(=O)O)C(=O)NCCOCCn1nnc2c1CC[C@H]1[C@@H](CC2)[C@H]1COC(=O)NC. The van der Waals surface area contributed by atoms with Crippen molar-refractivity contribution in [2.24, 2.45) is 23.2 Å². The molecule has 0 bridgehead atoms. The van der Waals surface area contributed by atoms with Crippen LogP contribution in [0, 0.1) is 23.2 Å². The van der Waals surface area contributed by atoms with Crippen LogP contribution in [-0.4, -0.2) is 76.6 Å². The summed E-state index contributed by atoms with van der Waals surface area (Å²) >= 11 is 0. The van der Waals surface area contributed by atoms with Gasteiger partial charge in [-0.1, -0.05) is 121 Å². The highest BCUT2D eigenvalue weighted by Gasteiger charge is 2.50. The van der Waals surface area contributed by atoms with E-state index in [1.807, 2.05) is 4.68 Å². The quantitative estimate of drug-likeness (QED) is 0.0330. The summed E-state index contributed by atoms with van der Waals surface area (Å²) in [6.07, 6.45) is 23.0. The third-order valence-electron chi connectivity index (χ3n) is 11.8. The standard InChI is InChI=1S/C42H73N5O7/c1-4-5-6-7-8-10-13-16-19-26-42(40(50)51,27-20-17-14-11-9-12-15-18-21-33(2)48)39(49)44-28-30-53-31-29-47-38-25-23-35-34(22-24-37(38)45-46-47)36(35)32-54-41(52)43-3/h34-36,48H,2,4-32H2,1,3H3,(H,43,52)(H,44,49)(H,50,51)/t34-,35+,36-,42?/m1/s1. The Morgan fingerprint density at radius 2 is 1.41 bits per heavy atom. The van der Waals surface area contributed by atoms with Gasteiger partial charge in [-0.15, -0.1) is 5.10 Å². The monoisotopic (exact) mass is 760 g/mol. The molecule has 0 radical (unpaired) electrons. The van der Waals surface area contributed by atoms with Crippen molar-refractivity contribution in [1.29, 1.82) is 0 Å². The normalized spacial score (nSPS) is 18.7. The van der Waals surface area contributed by atoms with Gasteiger partial charge in [0, 0.05) is 20.0 Å². The van der Waals surface area contributed by atoms with Crippen molar-refractivity contribution in [2.45, 2.75) is 168 Å². The largest absolute Gasteiger partial charge is 0.513 e. The van der Waals surface area contributed by atoms with Gasteiger partial charge in [0.25, 0.3) is 0 Å². The van der Waals surface area contributed by atoms with Gasteiger partial charge in [0.1, 0.15) is 5.41 Å². The van der Waals surface area contributed by atoms with Gasteiger partial charge in [-0.2, -0.15) is 0 Å². The number of hydrogen-bond donors (Lipinski definition) is 4. The lowest BCUT2D eigenvalue weighted by molar-refractivity contribution is -0.157. The molecule has 1 saturated carbocycles. The van der Waals surface area contributed by atoms with E-state index in [1.165, 1.54) is 32.1 Å². The van der Waals surface area contributed by atoms with Crippen LogP contribution in [0.25, 0.3) is 0 Å². The van der Waals surface area contributed by atoms with Crippen molar-refractivity contribution < 1.29 is 34.1 Å². The van der Waals surface area contributed by atoms with Gasteiger partial charge in [0.05, 0.1) is 43.5 Å². The minimum Gasteiger partial charge on any atom is -0.513 e. The molecule has 3 rings (SSSR count). The fourth-order valence-corrected chi connectivity index (χ4v) is 8.37. The Hall–Kier alpha value is -3.15. The van der Waals surface area contributed by atoms with Gasteiger partial charge in [-0.25, -0.2) is 9.48 Å². The van der Waals surface area contributed by atoms with E-state index >= 15 is 0 Å². The molecule has 308 valence electrons. The summed E-state index contributed by atoms with van der Waals surface area (Å²) in [6.45, 7) is 7.75. The highest BCUT2D eigenvalue weighted by Crippen LogP contribution is 2.53. The topological polar surface area (TPSA) is 165 Å². The van der Waals surface area contributed by atoms with E-state index in [-0.39, 0.29) is 18.4 Å². The van der Waals surface area contributed by atoms with E-state index in [2.05, 4.69) is 34.4 Å². The Morgan fingerprint density at radius 3 is 1.98 bits per heavy atom. The third kappa shape index (κ3) is 15.9. The predicted octanol–water partition coefficient (Wildman–Crippen LogP) is 8.47. The molecule has 1 heterocycles. The Morgan fingerprint density at radius 1 is 0.833 bits per heavy atom. The van der Waals surface area contributed by atoms with Crippen LogP contribution in [0.1, 0.15) is 160 Å². The number of nitrogens with zero attached hydrogens (tertiary/aromatic N) is 3. The molecule has 2 aliphatic rings. The average molecular weight is 760 g/mol. The number of alkyl carbamates (subject to hydrolysis) is 1. The third-order valence-corrected chi connectivity index (χ3v) is 11.8. The zero-order chi connectivity index (χ0) is 39.0. The summed E-state index contributed by atoms with van der Waals surface area (Å²) in [6, 6.07) is 0. The molecular formula is C42H73N5O7. The summed E-state index contributed by atoms with van der Waals surface area (Å²) in [4.78, 5) is 38.0. The number of unbranched alkanes of at least 4 members (excludes halogenated alkanes) is 15. The highest BCUT2D eigenvalue weighted by atomic mass is 16.5. The number of ether oxygens (including phenoxy) is 2. The molecule has 0 spiro atoms. The number of carbonyl (C=O) groups excluding carboxylic acids is 2. The number of hydrogen-bond acceptors (Lipinski definition) is 8. The number of carbonyl (C=O) groups is 3. The maximum atomic E-state index is 13.6. The Kier molecular flexibility index (Phi) is 21.6. The van der Waals surface area contributed by atoms with E-state index in [4.69, 9.17) is 9.47 Å². The summed E-state index contributed by atoms with van der Waals surface area (Å²) in [5.74, 6) is 0.395. The molecule has 4 N–H and O–H groups in total. The Labute approximate surface area is 325 Å². The second-order valence-electron chi connectivity index (χ2n) is 15.9. The molecule has 54 heavy (non-hydrogen) atoms. The number of aliphatic hydroxyl groups is 1. The molecule has 4 atom stereocenters. The number of aliphatic hydroxyl groups excluding tert-OH is 1. The number of rotatable bonds is 31. The van der Waals surface area contributed by atoms with Crippen molar-refractivity contribution >= 4 is 18.0 Å². The van der Waals surface area contributed by atoms with Crippen LogP contribution in [0.5, 0.6) is 0 Å². The van der Waals surface area contributed by atoms with Crippen molar-refractivity contribution in [1.82, 2.24) is 25.6 Å². The van der Waals surface area contributed by atoms with Crippen LogP contribution in [0.15, 0.2) is 12.3 Å². The molecule has 1 unspecified atom stereocenters. The Bertz CT molecular complexity index is 1260. The number of amides is 2. The molecule has 0 aliphatic heterocycles. The van der Waals surface area contributed by atoms with E-state index in [1.54, 1.807) is 7.05 Å². The van der Waals surface area contributed by atoms with Gasteiger partial charge < -0.3 is 30.3 Å². The first kappa shape index (κ1) is 45.2. The number of aromatic nitrogens is 3. The minimum absolute atomic E-state index is 0.253. The molecule has 1 aromatic heterocycles. The lowest BCUT2D eigenvalue weighted by Gasteiger charge is -2.28. The lowest BCUT2D eigenvalue weighted by Crippen LogP contribution is -2.47. The van der Waals surface area contributed by atoms with Gasteiger partial charge in [0.2, 0.25) is 5.91 Å². The van der Waals surface area contributed by atoms with Crippen molar-refractivity contribution in [2.75, 3.05) is 33.4 Å².